The number of carbonyl (C=O) groups is 2. The zero-order valence-electron chi connectivity index (χ0n) is 14.7. The fraction of sp³-hybridized carbons (Fsp3) is 0.421. The molecule has 2 aromatic heterocycles. The molecule has 0 saturated carbocycles. The number of hydrogen-bond donors (Lipinski definition) is 1. The van der Waals surface area contributed by atoms with E-state index in [-0.39, 0.29) is 17.7 Å². The Morgan fingerprint density at radius 1 is 1.38 bits per heavy atom. The molecule has 2 saturated heterocycles. The average molecular weight is 354 g/mol. The Morgan fingerprint density at radius 3 is 3.00 bits per heavy atom. The molecule has 4 heterocycles. The Kier molecular flexibility index (Phi) is 4.14. The molecule has 7 nitrogen and oxygen atoms in total. The number of nitrogens with one attached hydrogen (secondary N) is 1. The molecular weight excluding hydrogens is 332 g/mol. The molecule has 0 unspecified atom stereocenters. The number of rotatable bonds is 4. The van der Waals surface area contributed by atoms with Crippen molar-refractivity contribution in [2.45, 2.75) is 6.42 Å². The van der Waals surface area contributed by atoms with Gasteiger partial charge in [0.15, 0.2) is 0 Å². The molecule has 4 rings (SSSR count). The summed E-state index contributed by atoms with van der Waals surface area (Å²) in [5.41, 5.74) is 0.0667. The van der Waals surface area contributed by atoms with Crippen molar-refractivity contribution in [3.05, 3.63) is 48.4 Å². The van der Waals surface area contributed by atoms with Crippen molar-refractivity contribution in [1.29, 1.82) is 0 Å². The molecule has 0 aliphatic carbocycles. The highest BCUT2D eigenvalue weighted by Gasteiger charge is 2.55. The molecule has 2 aliphatic heterocycles. The van der Waals surface area contributed by atoms with Crippen LogP contribution in [-0.4, -0.2) is 52.5 Å². The molecule has 2 aromatic rings. The number of hydrogen-bond acceptors (Lipinski definition) is 4. The zero-order valence-corrected chi connectivity index (χ0v) is 14.7. The van der Waals surface area contributed by atoms with E-state index in [1.807, 2.05) is 42.1 Å². The van der Waals surface area contributed by atoms with Gasteiger partial charge in [-0.25, -0.2) is 4.98 Å². The van der Waals surface area contributed by atoms with E-state index in [4.69, 9.17) is 4.74 Å². The van der Waals surface area contributed by atoms with Crippen molar-refractivity contribution in [1.82, 2.24) is 19.8 Å². The van der Waals surface area contributed by atoms with E-state index in [1.165, 1.54) is 0 Å². The highest BCUT2D eigenvalue weighted by atomic mass is 16.5. The number of likely N-dealkylation sites (tertiary alicyclic amines) is 1. The maximum absolute atomic E-state index is 12.8. The molecule has 0 bridgehead atoms. The molecule has 0 radical (unpaired) electrons. The summed E-state index contributed by atoms with van der Waals surface area (Å²) >= 11 is 0. The van der Waals surface area contributed by atoms with Gasteiger partial charge < -0.3 is 19.5 Å². The summed E-state index contributed by atoms with van der Waals surface area (Å²) in [4.78, 5) is 31.4. The second kappa shape index (κ2) is 6.48. The van der Waals surface area contributed by atoms with Crippen LogP contribution in [0.2, 0.25) is 0 Å². The van der Waals surface area contributed by atoms with Crippen molar-refractivity contribution in [2.24, 2.45) is 18.4 Å². The lowest BCUT2D eigenvalue weighted by molar-refractivity contribution is -0.128. The van der Waals surface area contributed by atoms with E-state index in [1.54, 1.807) is 17.2 Å². The van der Waals surface area contributed by atoms with Crippen LogP contribution in [0.1, 0.15) is 16.9 Å². The van der Waals surface area contributed by atoms with Crippen molar-refractivity contribution in [3.63, 3.8) is 0 Å². The predicted molar refractivity (Wildman–Crippen MR) is 94.6 cm³/mol. The van der Waals surface area contributed by atoms with Gasteiger partial charge in [-0.05, 0) is 24.6 Å². The van der Waals surface area contributed by atoms with E-state index in [0.29, 0.717) is 44.2 Å². The molecule has 136 valence electrons. The Morgan fingerprint density at radius 2 is 2.27 bits per heavy atom. The second-order valence-corrected chi connectivity index (χ2v) is 7.02. The van der Waals surface area contributed by atoms with Crippen LogP contribution in [0.25, 0.3) is 0 Å². The quantitative estimate of drug-likeness (QED) is 0.891. The Labute approximate surface area is 152 Å². The van der Waals surface area contributed by atoms with Gasteiger partial charge in [-0.15, -0.1) is 0 Å². The smallest absolute Gasteiger partial charge is 0.270 e. The van der Waals surface area contributed by atoms with Gasteiger partial charge in [-0.3, -0.25) is 9.59 Å². The van der Waals surface area contributed by atoms with Crippen LogP contribution in [0.5, 0.6) is 5.88 Å². The first kappa shape index (κ1) is 16.6. The summed E-state index contributed by atoms with van der Waals surface area (Å²) in [7, 11) is 1.85. The number of nitrogens with zero attached hydrogens (tertiary/aromatic N) is 3. The van der Waals surface area contributed by atoms with Crippen LogP contribution >= 0.6 is 0 Å². The average Bonchev–Trinajstić information content (AvgIpc) is 3.36. The van der Waals surface area contributed by atoms with E-state index in [9.17, 15) is 9.59 Å². The largest absolute Gasteiger partial charge is 0.477 e. The third-order valence-corrected chi connectivity index (χ3v) is 5.56. The number of aromatic nitrogens is 2. The Balaban J connectivity index is 1.48. The number of ether oxygens (including phenoxy) is 1. The summed E-state index contributed by atoms with van der Waals surface area (Å²) in [6.07, 6.45) is 4.19. The topological polar surface area (TPSA) is 76.5 Å². The summed E-state index contributed by atoms with van der Waals surface area (Å²) in [6.45, 7) is 1.98. The lowest BCUT2D eigenvalue weighted by atomic mass is 9.77. The number of amides is 2. The van der Waals surface area contributed by atoms with Gasteiger partial charge in [-0.2, -0.15) is 0 Å². The molecule has 2 atom stereocenters. The SMILES string of the molecule is Cn1cccc1C(=O)N1CC[C@@]2(C1)C(=O)NC[C@H]2COc1ccccn1. The van der Waals surface area contributed by atoms with Gasteiger partial charge in [0, 0.05) is 51.1 Å². The Hall–Kier alpha value is -2.83. The normalized spacial score (nSPS) is 24.9. The van der Waals surface area contributed by atoms with E-state index >= 15 is 0 Å². The van der Waals surface area contributed by atoms with Gasteiger partial charge >= 0.3 is 0 Å². The lowest BCUT2D eigenvalue weighted by Crippen LogP contribution is -2.41. The van der Waals surface area contributed by atoms with Crippen LogP contribution in [0.15, 0.2) is 42.7 Å². The van der Waals surface area contributed by atoms with E-state index < -0.39 is 5.41 Å². The van der Waals surface area contributed by atoms with Gasteiger partial charge in [0.05, 0.1) is 12.0 Å². The molecule has 1 N–H and O–H groups in total. The summed E-state index contributed by atoms with van der Waals surface area (Å²) < 4.78 is 7.61. The maximum Gasteiger partial charge on any atom is 0.270 e. The molecule has 26 heavy (non-hydrogen) atoms. The predicted octanol–water partition coefficient (Wildman–Crippen LogP) is 1.08. The molecule has 7 heteroatoms. The number of pyridine rings is 1. The molecule has 0 aromatic carbocycles. The highest BCUT2D eigenvalue weighted by molar-refractivity contribution is 5.94. The minimum absolute atomic E-state index is 0.0169. The minimum Gasteiger partial charge on any atom is -0.477 e. The number of carbonyl (C=O) groups excluding carboxylic acids is 2. The monoisotopic (exact) mass is 354 g/mol. The molecule has 2 amide bonds. The highest BCUT2D eigenvalue weighted by Crippen LogP contribution is 2.42. The van der Waals surface area contributed by atoms with Crippen molar-refractivity contribution < 1.29 is 14.3 Å². The Bertz CT molecular complexity index is 819. The first-order chi connectivity index (χ1) is 12.6. The number of aryl methyl sites for hydroxylation is 1. The first-order valence-electron chi connectivity index (χ1n) is 8.83. The fourth-order valence-electron chi connectivity index (χ4n) is 3.98. The zero-order chi connectivity index (χ0) is 18.1. The molecule has 1 spiro atoms. The standard InChI is InChI=1S/C19H22N4O3/c1-22-9-4-5-15(22)17(24)23-10-7-19(13-23)14(11-21-18(19)25)12-26-16-6-2-3-8-20-16/h2-6,8-9,14H,7,10-13H2,1H3,(H,21,25)/t14-,19-/m0/s1. The van der Waals surface area contributed by atoms with Gasteiger partial charge in [0.1, 0.15) is 5.69 Å². The van der Waals surface area contributed by atoms with Crippen molar-refractivity contribution in [2.75, 3.05) is 26.2 Å². The third kappa shape index (κ3) is 2.73. The van der Waals surface area contributed by atoms with Crippen LogP contribution in [0.4, 0.5) is 0 Å². The summed E-state index contributed by atoms with van der Waals surface area (Å²) in [5, 5.41) is 2.96. The van der Waals surface area contributed by atoms with Crippen LogP contribution < -0.4 is 10.1 Å². The van der Waals surface area contributed by atoms with Crippen LogP contribution in [0, 0.1) is 11.3 Å². The third-order valence-electron chi connectivity index (χ3n) is 5.56. The lowest BCUT2D eigenvalue weighted by Gasteiger charge is -2.28. The minimum atomic E-state index is -0.574. The summed E-state index contributed by atoms with van der Waals surface area (Å²) in [5.74, 6) is 0.563. The first-order valence-corrected chi connectivity index (χ1v) is 8.83. The van der Waals surface area contributed by atoms with E-state index in [2.05, 4.69) is 10.3 Å². The molecule has 2 fully saturated rings. The fourth-order valence-corrected chi connectivity index (χ4v) is 3.98. The molecule has 2 aliphatic rings. The van der Waals surface area contributed by atoms with Crippen molar-refractivity contribution in [3.8, 4) is 5.88 Å². The van der Waals surface area contributed by atoms with Gasteiger partial charge in [0.25, 0.3) is 5.91 Å². The van der Waals surface area contributed by atoms with Gasteiger partial charge in [0.2, 0.25) is 11.8 Å². The van der Waals surface area contributed by atoms with Gasteiger partial charge in [-0.1, -0.05) is 6.07 Å². The van der Waals surface area contributed by atoms with E-state index in [0.717, 1.165) is 0 Å². The second-order valence-electron chi connectivity index (χ2n) is 7.02. The van der Waals surface area contributed by atoms with Crippen molar-refractivity contribution >= 4 is 11.8 Å². The maximum atomic E-state index is 12.8. The van der Waals surface area contributed by atoms with Crippen LogP contribution in [0.3, 0.4) is 0 Å². The van der Waals surface area contributed by atoms with Crippen LogP contribution in [-0.2, 0) is 11.8 Å². The summed E-state index contributed by atoms with van der Waals surface area (Å²) in [6, 6.07) is 9.16. The molecular formula is C19H22N4O3.